The van der Waals surface area contributed by atoms with Gasteiger partial charge in [-0.2, -0.15) is 0 Å². The van der Waals surface area contributed by atoms with Gasteiger partial charge in [0.25, 0.3) is 5.56 Å². The summed E-state index contributed by atoms with van der Waals surface area (Å²) in [7, 11) is 1.58. The third kappa shape index (κ3) is 2.57. The van der Waals surface area contributed by atoms with Crippen molar-refractivity contribution in [1.82, 2.24) is 20.6 Å². The van der Waals surface area contributed by atoms with Crippen LogP contribution in [0.15, 0.2) is 16.2 Å². The summed E-state index contributed by atoms with van der Waals surface area (Å²) in [4.78, 5) is 30.0. The number of thiophene rings is 1. The Morgan fingerprint density at radius 3 is 3.11 bits per heavy atom. The molecular formula is C11H14N4O2S. The minimum Gasteiger partial charge on any atom is -0.358 e. The Morgan fingerprint density at radius 1 is 1.61 bits per heavy atom. The molecule has 2 heterocycles. The molecule has 6 nitrogen and oxygen atoms in total. The lowest BCUT2D eigenvalue weighted by Gasteiger charge is -2.11. The van der Waals surface area contributed by atoms with Crippen molar-refractivity contribution in [3.05, 3.63) is 27.6 Å². The minimum atomic E-state index is -0.335. The first-order chi connectivity index (χ1) is 8.61. The zero-order chi connectivity index (χ0) is 13.1. The predicted molar refractivity (Wildman–Crippen MR) is 70.6 cm³/mol. The molecular weight excluding hydrogens is 252 g/mol. The van der Waals surface area contributed by atoms with Crippen LogP contribution in [0.1, 0.15) is 12.7 Å². The Bertz CT molecular complexity index is 619. The second-order valence-corrected chi connectivity index (χ2v) is 4.78. The van der Waals surface area contributed by atoms with E-state index in [4.69, 9.17) is 0 Å². The monoisotopic (exact) mass is 266 g/mol. The van der Waals surface area contributed by atoms with Gasteiger partial charge in [0.05, 0.1) is 18.1 Å². The molecule has 1 atom stereocenters. The van der Waals surface area contributed by atoms with E-state index in [1.165, 1.54) is 11.3 Å². The lowest BCUT2D eigenvalue weighted by Crippen LogP contribution is -2.40. The van der Waals surface area contributed by atoms with Crippen LogP contribution in [0, 0.1) is 0 Å². The molecule has 2 rings (SSSR count). The maximum atomic E-state index is 11.7. The van der Waals surface area contributed by atoms with E-state index in [2.05, 4.69) is 20.6 Å². The van der Waals surface area contributed by atoms with Gasteiger partial charge in [-0.3, -0.25) is 14.9 Å². The van der Waals surface area contributed by atoms with Crippen LogP contribution in [0.2, 0.25) is 0 Å². The van der Waals surface area contributed by atoms with Gasteiger partial charge in [-0.1, -0.05) is 0 Å². The number of carbonyl (C=O) groups is 1. The minimum absolute atomic E-state index is 0.103. The molecule has 3 N–H and O–H groups in total. The number of aromatic amines is 1. The molecule has 18 heavy (non-hydrogen) atoms. The predicted octanol–water partition coefficient (Wildman–Crippen LogP) is 0.209. The van der Waals surface area contributed by atoms with E-state index in [0.29, 0.717) is 22.6 Å². The number of carbonyl (C=O) groups excluding carboxylic acids is 1. The van der Waals surface area contributed by atoms with Crippen molar-refractivity contribution in [2.75, 3.05) is 7.05 Å². The van der Waals surface area contributed by atoms with E-state index in [0.717, 1.165) is 0 Å². The van der Waals surface area contributed by atoms with Crippen molar-refractivity contribution < 1.29 is 4.79 Å². The average molecular weight is 266 g/mol. The number of aromatic nitrogens is 2. The van der Waals surface area contributed by atoms with E-state index in [1.807, 2.05) is 5.38 Å². The largest absolute Gasteiger partial charge is 0.358 e. The summed E-state index contributed by atoms with van der Waals surface area (Å²) in [5.41, 5.74) is 0.549. The highest BCUT2D eigenvalue weighted by atomic mass is 32.1. The van der Waals surface area contributed by atoms with Gasteiger partial charge in [-0.25, -0.2) is 4.98 Å². The second-order valence-electron chi connectivity index (χ2n) is 3.86. The molecule has 0 fully saturated rings. The Hall–Kier alpha value is -1.73. The fourth-order valence-corrected chi connectivity index (χ4v) is 2.29. The summed E-state index contributed by atoms with van der Waals surface area (Å²) in [6, 6.07) is 1.47. The number of nitrogens with one attached hydrogen (secondary N) is 3. The number of hydrogen-bond acceptors (Lipinski definition) is 5. The number of likely N-dealkylation sites (N-methyl/N-ethyl adjacent to an activating group) is 1. The Balaban J connectivity index is 2.12. The number of amides is 1. The topological polar surface area (TPSA) is 86.9 Å². The smallest absolute Gasteiger partial charge is 0.268 e. The zero-order valence-electron chi connectivity index (χ0n) is 10.1. The van der Waals surface area contributed by atoms with Crippen molar-refractivity contribution in [3.63, 3.8) is 0 Å². The van der Waals surface area contributed by atoms with Crippen LogP contribution in [0.3, 0.4) is 0 Å². The molecule has 0 aliphatic rings. The van der Waals surface area contributed by atoms with Crippen LogP contribution < -0.4 is 16.2 Å². The van der Waals surface area contributed by atoms with Crippen LogP contribution >= 0.6 is 11.3 Å². The van der Waals surface area contributed by atoms with E-state index in [-0.39, 0.29) is 17.5 Å². The van der Waals surface area contributed by atoms with Crippen molar-refractivity contribution in [2.45, 2.75) is 19.5 Å². The van der Waals surface area contributed by atoms with E-state index < -0.39 is 0 Å². The number of H-pyrrole nitrogens is 1. The molecule has 0 aromatic carbocycles. The van der Waals surface area contributed by atoms with Gasteiger partial charge >= 0.3 is 0 Å². The molecule has 2 aromatic heterocycles. The standard InChI is InChI=1S/C11H14N4O2S/c1-6(10(16)12-2)13-5-8-14-7-3-4-18-9(7)11(17)15-8/h3-4,6,13H,5H2,1-2H3,(H,12,16)(H,14,15,17). The van der Waals surface area contributed by atoms with Crippen molar-refractivity contribution in [2.24, 2.45) is 0 Å². The fourth-order valence-electron chi connectivity index (χ4n) is 1.56. The highest BCUT2D eigenvalue weighted by molar-refractivity contribution is 7.17. The highest BCUT2D eigenvalue weighted by Gasteiger charge is 2.11. The lowest BCUT2D eigenvalue weighted by molar-refractivity contribution is -0.122. The summed E-state index contributed by atoms with van der Waals surface area (Å²) in [6.45, 7) is 2.09. The van der Waals surface area contributed by atoms with Crippen LogP contribution in [0.5, 0.6) is 0 Å². The molecule has 0 aliphatic carbocycles. The van der Waals surface area contributed by atoms with Gasteiger partial charge in [-0.05, 0) is 18.4 Å². The first-order valence-electron chi connectivity index (χ1n) is 5.53. The Labute approximate surface area is 107 Å². The van der Waals surface area contributed by atoms with Crippen LogP contribution in [-0.2, 0) is 11.3 Å². The molecule has 0 radical (unpaired) electrons. The van der Waals surface area contributed by atoms with Gasteiger partial charge in [0.15, 0.2) is 0 Å². The second kappa shape index (κ2) is 5.28. The fraction of sp³-hybridized carbons (Fsp3) is 0.364. The van der Waals surface area contributed by atoms with E-state index in [9.17, 15) is 9.59 Å². The zero-order valence-corrected chi connectivity index (χ0v) is 10.9. The van der Waals surface area contributed by atoms with Crippen molar-refractivity contribution in [1.29, 1.82) is 0 Å². The third-order valence-electron chi connectivity index (χ3n) is 2.58. The normalized spacial score (nSPS) is 12.6. The summed E-state index contributed by atoms with van der Waals surface area (Å²) in [6.07, 6.45) is 0. The molecule has 2 aromatic rings. The van der Waals surface area contributed by atoms with Crippen LogP contribution in [-0.4, -0.2) is 29.0 Å². The number of hydrogen-bond donors (Lipinski definition) is 3. The van der Waals surface area contributed by atoms with Gasteiger partial charge < -0.3 is 10.3 Å². The average Bonchev–Trinajstić information content (AvgIpc) is 2.83. The highest BCUT2D eigenvalue weighted by Crippen LogP contribution is 2.13. The summed E-state index contributed by atoms with van der Waals surface area (Å²) in [5, 5.41) is 7.37. The molecule has 0 aliphatic heterocycles. The van der Waals surface area contributed by atoms with E-state index >= 15 is 0 Å². The molecule has 0 saturated heterocycles. The van der Waals surface area contributed by atoms with Crippen molar-refractivity contribution in [3.8, 4) is 0 Å². The Morgan fingerprint density at radius 2 is 2.39 bits per heavy atom. The summed E-state index contributed by atoms with van der Waals surface area (Å²) < 4.78 is 0.623. The molecule has 0 bridgehead atoms. The van der Waals surface area contributed by atoms with Gasteiger partial charge in [0.2, 0.25) is 5.91 Å². The number of nitrogens with zero attached hydrogens (tertiary/aromatic N) is 1. The molecule has 1 unspecified atom stereocenters. The quantitative estimate of drug-likeness (QED) is 0.738. The van der Waals surface area contributed by atoms with Crippen molar-refractivity contribution >= 4 is 27.5 Å². The SMILES string of the molecule is CNC(=O)C(C)NCc1nc2ccsc2c(=O)[nH]1. The van der Waals surface area contributed by atoms with Gasteiger partial charge in [0.1, 0.15) is 10.5 Å². The molecule has 0 spiro atoms. The molecule has 1 amide bonds. The number of fused-ring (bicyclic) bond motifs is 1. The third-order valence-corrected chi connectivity index (χ3v) is 3.48. The first kappa shape index (κ1) is 12.7. The van der Waals surface area contributed by atoms with Gasteiger partial charge in [0, 0.05) is 7.05 Å². The number of rotatable bonds is 4. The Kier molecular flexibility index (Phi) is 3.73. The molecule has 7 heteroatoms. The maximum absolute atomic E-state index is 11.7. The summed E-state index contributed by atoms with van der Waals surface area (Å²) in [5.74, 6) is 0.426. The van der Waals surface area contributed by atoms with E-state index in [1.54, 1.807) is 20.0 Å². The lowest BCUT2D eigenvalue weighted by atomic mass is 10.3. The van der Waals surface area contributed by atoms with Gasteiger partial charge in [-0.15, -0.1) is 11.3 Å². The molecule has 0 saturated carbocycles. The first-order valence-corrected chi connectivity index (χ1v) is 6.41. The molecule has 96 valence electrons. The van der Waals surface area contributed by atoms with Crippen LogP contribution in [0.4, 0.5) is 0 Å². The maximum Gasteiger partial charge on any atom is 0.268 e. The van der Waals surface area contributed by atoms with Crippen LogP contribution in [0.25, 0.3) is 10.2 Å². The summed E-state index contributed by atoms with van der Waals surface area (Å²) >= 11 is 1.36.